The van der Waals surface area contributed by atoms with E-state index in [0.717, 1.165) is 22.5 Å². The van der Waals surface area contributed by atoms with E-state index < -0.39 is 7.60 Å². The molecule has 0 radical (unpaired) electrons. The van der Waals surface area contributed by atoms with Gasteiger partial charge < -0.3 is 9.42 Å². The molecule has 0 fully saturated rings. The van der Waals surface area contributed by atoms with Gasteiger partial charge in [0.25, 0.3) is 0 Å². The van der Waals surface area contributed by atoms with Crippen LogP contribution in [0.25, 0.3) is 11.1 Å². The van der Waals surface area contributed by atoms with Crippen molar-refractivity contribution >= 4 is 7.60 Å². The molecule has 0 heterocycles. The smallest absolute Gasteiger partial charge is 0.400 e. The highest BCUT2D eigenvalue weighted by molar-refractivity contribution is 7.56. The first-order chi connectivity index (χ1) is 9.02. The van der Waals surface area contributed by atoms with Gasteiger partial charge in [-0.25, -0.2) is 4.57 Å². The zero-order valence-electron chi connectivity index (χ0n) is 10.6. The van der Waals surface area contributed by atoms with Crippen molar-refractivity contribution in [1.29, 1.82) is 0 Å². The van der Waals surface area contributed by atoms with Crippen molar-refractivity contribution in [2.24, 2.45) is 0 Å². The van der Waals surface area contributed by atoms with Crippen LogP contribution in [-0.4, -0.2) is 4.89 Å². The van der Waals surface area contributed by atoms with Gasteiger partial charge in [0.2, 0.25) is 0 Å². The van der Waals surface area contributed by atoms with Gasteiger partial charge >= 0.3 is 7.60 Å². The second-order valence-corrected chi connectivity index (χ2v) is 5.88. The highest BCUT2D eigenvalue weighted by atomic mass is 31.2. The highest BCUT2D eigenvalue weighted by Gasteiger charge is 2.18. The third kappa shape index (κ3) is 3.34. The van der Waals surface area contributed by atoms with Gasteiger partial charge in [0.15, 0.2) is 0 Å². The monoisotopic (exact) mass is 274 g/mol. The lowest BCUT2D eigenvalue weighted by molar-refractivity contribution is 0.393. The van der Waals surface area contributed by atoms with Crippen LogP contribution >= 0.6 is 7.60 Å². The summed E-state index contributed by atoms with van der Waals surface area (Å²) in [5, 5.41) is 0. The molecule has 0 aliphatic carbocycles. The van der Waals surface area contributed by atoms with E-state index in [1.54, 1.807) is 6.07 Å². The minimum Gasteiger partial charge on any atom is -0.421 e. The molecule has 0 saturated heterocycles. The van der Waals surface area contributed by atoms with Crippen molar-refractivity contribution in [2.45, 2.75) is 6.92 Å². The number of rotatable bonds is 4. The minimum atomic E-state index is -3.79. The standard InChI is InChI=1S/C15H15O3P/c1-3-19(16,17)18-15-10-9-12(2)11-14(15)13-7-5-4-6-8-13/h3-11H,1H2,2H3,(H,16,17). The maximum atomic E-state index is 11.6. The van der Waals surface area contributed by atoms with E-state index in [-0.39, 0.29) is 0 Å². The van der Waals surface area contributed by atoms with Crippen LogP contribution in [0.15, 0.2) is 60.9 Å². The normalized spacial score (nSPS) is 13.6. The van der Waals surface area contributed by atoms with Crippen molar-refractivity contribution in [3.63, 3.8) is 0 Å². The fourth-order valence-electron chi connectivity index (χ4n) is 1.74. The zero-order valence-corrected chi connectivity index (χ0v) is 11.5. The van der Waals surface area contributed by atoms with Gasteiger partial charge in [0.05, 0.1) is 0 Å². The molecular weight excluding hydrogens is 259 g/mol. The first-order valence-corrected chi connectivity index (χ1v) is 7.48. The van der Waals surface area contributed by atoms with Gasteiger partial charge in [-0.2, -0.15) is 0 Å². The molecule has 0 aromatic heterocycles. The summed E-state index contributed by atoms with van der Waals surface area (Å²) in [6.07, 6.45) is 0. The van der Waals surface area contributed by atoms with E-state index in [4.69, 9.17) is 4.52 Å². The Kier molecular flexibility index (Phi) is 3.89. The van der Waals surface area contributed by atoms with Crippen LogP contribution in [0.3, 0.4) is 0 Å². The van der Waals surface area contributed by atoms with Crippen LogP contribution in [0.2, 0.25) is 0 Å². The van der Waals surface area contributed by atoms with E-state index >= 15 is 0 Å². The molecule has 1 atom stereocenters. The lowest BCUT2D eigenvalue weighted by atomic mass is 10.0. The Labute approximate surface area is 112 Å². The first kappa shape index (κ1) is 13.6. The Morgan fingerprint density at radius 1 is 1.21 bits per heavy atom. The van der Waals surface area contributed by atoms with E-state index in [1.165, 1.54) is 0 Å². The summed E-state index contributed by atoms with van der Waals surface area (Å²) in [4.78, 5) is 9.53. The molecule has 0 saturated carbocycles. The predicted molar refractivity (Wildman–Crippen MR) is 77.3 cm³/mol. The van der Waals surface area contributed by atoms with Crippen molar-refractivity contribution in [2.75, 3.05) is 0 Å². The van der Waals surface area contributed by atoms with Gasteiger partial charge in [-0.15, -0.1) is 0 Å². The summed E-state index contributed by atoms with van der Waals surface area (Å²) in [5.41, 5.74) is 2.78. The molecule has 19 heavy (non-hydrogen) atoms. The number of hydrogen-bond donors (Lipinski definition) is 1. The maximum Gasteiger partial charge on any atom is 0.400 e. The molecule has 0 amide bonds. The van der Waals surface area contributed by atoms with Crippen molar-refractivity contribution in [3.05, 3.63) is 66.5 Å². The number of benzene rings is 2. The Balaban J connectivity index is 2.51. The molecule has 1 N–H and O–H groups in total. The summed E-state index contributed by atoms with van der Waals surface area (Å²) in [5.74, 6) is 1.31. The van der Waals surface area contributed by atoms with Crippen molar-refractivity contribution in [1.82, 2.24) is 0 Å². The van der Waals surface area contributed by atoms with Crippen LogP contribution in [0, 0.1) is 6.92 Å². The Hall–Kier alpha value is -1.83. The second kappa shape index (κ2) is 5.43. The Bertz CT molecular complexity index is 635. The molecule has 98 valence electrons. The van der Waals surface area contributed by atoms with Crippen LogP contribution in [0.1, 0.15) is 5.56 Å². The van der Waals surface area contributed by atoms with Crippen LogP contribution in [-0.2, 0) is 4.57 Å². The fraction of sp³-hybridized carbons (Fsp3) is 0.0667. The Morgan fingerprint density at radius 3 is 2.53 bits per heavy atom. The maximum absolute atomic E-state index is 11.6. The van der Waals surface area contributed by atoms with Crippen molar-refractivity contribution < 1.29 is 14.0 Å². The summed E-state index contributed by atoms with van der Waals surface area (Å²) >= 11 is 0. The molecule has 0 spiro atoms. The number of aryl methyl sites for hydroxylation is 1. The summed E-state index contributed by atoms with van der Waals surface area (Å²) in [7, 11) is -3.79. The van der Waals surface area contributed by atoms with E-state index in [0.29, 0.717) is 5.75 Å². The third-order valence-corrected chi connectivity index (χ3v) is 3.60. The van der Waals surface area contributed by atoms with Crippen molar-refractivity contribution in [3.8, 4) is 16.9 Å². The third-order valence-electron chi connectivity index (χ3n) is 2.68. The van der Waals surface area contributed by atoms with Gasteiger partial charge in [0.1, 0.15) is 5.75 Å². The quantitative estimate of drug-likeness (QED) is 0.842. The average molecular weight is 274 g/mol. The highest BCUT2D eigenvalue weighted by Crippen LogP contribution is 2.46. The molecule has 2 aromatic rings. The molecule has 0 aliphatic rings. The van der Waals surface area contributed by atoms with Gasteiger partial charge in [-0.3, -0.25) is 0 Å². The minimum absolute atomic E-state index is 0.377. The summed E-state index contributed by atoms with van der Waals surface area (Å²) < 4.78 is 16.8. The lowest BCUT2D eigenvalue weighted by Gasteiger charge is -2.14. The Morgan fingerprint density at radius 2 is 1.89 bits per heavy atom. The van der Waals surface area contributed by atoms with Crippen LogP contribution < -0.4 is 4.52 Å². The van der Waals surface area contributed by atoms with Crippen LogP contribution in [0.4, 0.5) is 0 Å². The topological polar surface area (TPSA) is 46.5 Å². The largest absolute Gasteiger partial charge is 0.421 e. The lowest BCUT2D eigenvalue weighted by Crippen LogP contribution is -1.92. The molecule has 1 unspecified atom stereocenters. The predicted octanol–water partition coefficient (Wildman–Crippen LogP) is 4.37. The van der Waals surface area contributed by atoms with E-state index in [9.17, 15) is 9.46 Å². The molecule has 3 nitrogen and oxygen atoms in total. The average Bonchev–Trinajstić information content (AvgIpc) is 2.42. The van der Waals surface area contributed by atoms with Gasteiger partial charge in [0, 0.05) is 11.4 Å². The molecule has 0 aliphatic heterocycles. The fourth-order valence-corrected chi connectivity index (χ4v) is 2.26. The number of hydrogen-bond acceptors (Lipinski definition) is 2. The first-order valence-electron chi connectivity index (χ1n) is 5.83. The molecule has 0 bridgehead atoms. The van der Waals surface area contributed by atoms with Crippen LogP contribution in [0.5, 0.6) is 5.75 Å². The zero-order chi connectivity index (χ0) is 13.9. The van der Waals surface area contributed by atoms with Gasteiger partial charge in [-0.05, 0) is 24.6 Å². The SMILES string of the molecule is C=CP(=O)(O)Oc1ccc(C)cc1-c1ccccc1. The second-order valence-electron chi connectivity index (χ2n) is 4.20. The van der Waals surface area contributed by atoms with Gasteiger partial charge in [-0.1, -0.05) is 48.5 Å². The summed E-state index contributed by atoms with van der Waals surface area (Å²) in [6, 6.07) is 15.1. The molecule has 2 rings (SSSR count). The van der Waals surface area contributed by atoms with E-state index in [1.807, 2.05) is 49.4 Å². The molecule has 2 aromatic carbocycles. The molecule has 4 heteroatoms. The van der Waals surface area contributed by atoms with E-state index in [2.05, 4.69) is 6.58 Å². The summed E-state index contributed by atoms with van der Waals surface area (Å²) in [6.45, 7) is 5.27. The molecular formula is C15H15O3P.